The number of anilines is 1. The van der Waals surface area contributed by atoms with E-state index in [1.165, 1.54) is 11.8 Å². The Labute approximate surface area is 129 Å². The van der Waals surface area contributed by atoms with E-state index in [0.29, 0.717) is 18.7 Å². The van der Waals surface area contributed by atoms with Crippen molar-refractivity contribution in [1.29, 1.82) is 0 Å². The van der Waals surface area contributed by atoms with E-state index in [4.69, 9.17) is 4.74 Å². The lowest BCUT2D eigenvalue weighted by atomic mass is 10.1. The Morgan fingerprint density at radius 3 is 2.62 bits per heavy atom. The third kappa shape index (κ3) is 4.49. The summed E-state index contributed by atoms with van der Waals surface area (Å²) in [5.74, 6) is 1.90. The van der Waals surface area contributed by atoms with Gasteiger partial charge in [0.25, 0.3) is 0 Å². The van der Waals surface area contributed by atoms with E-state index in [0.717, 1.165) is 11.4 Å². The first-order valence-electron chi connectivity index (χ1n) is 7.16. The molecule has 0 saturated carbocycles. The van der Waals surface area contributed by atoms with Gasteiger partial charge in [0.2, 0.25) is 5.91 Å². The summed E-state index contributed by atoms with van der Waals surface area (Å²) < 4.78 is 5.60. The van der Waals surface area contributed by atoms with Crippen LogP contribution in [0.1, 0.15) is 27.2 Å². The van der Waals surface area contributed by atoms with Gasteiger partial charge in [0.15, 0.2) is 5.12 Å². The highest BCUT2D eigenvalue weighted by atomic mass is 32.2. The van der Waals surface area contributed by atoms with Crippen LogP contribution in [0.25, 0.3) is 0 Å². The number of ether oxygens (including phenoxy) is 1. The van der Waals surface area contributed by atoms with E-state index in [9.17, 15) is 9.59 Å². The minimum absolute atomic E-state index is 0.107. The van der Waals surface area contributed by atoms with E-state index in [1.807, 2.05) is 38.1 Å². The lowest BCUT2D eigenvalue weighted by Crippen LogP contribution is -2.24. The van der Waals surface area contributed by atoms with Crippen LogP contribution in [0.4, 0.5) is 5.69 Å². The fourth-order valence-corrected chi connectivity index (χ4v) is 3.05. The highest BCUT2D eigenvalue weighted by molar-refractivity contribution is 8.13. The second kappa shape index (κ2) is 6.98. The normalized spacial score (nSPS) is 18.4. The Balaban J connectivity index is 1.98. The zero-order chi connectivity index (χ0) is 15.4. The quantitative estimate of drug-likeness (QED) is 0.838. The molecule has 1 aliphatic rings. The van der Waals surface area contributed by atoms with Crippen LogP contribution < -0.4 is 9.64 Å². The molecular weight excluding hydrogens is 286 g/mol. The molecule has 0 radical (unpaired) electrons. The number of nitrogens with zero attached hydrogens (tertiary/aromatic N) is 1. The van der Waals surface area contributed by atoms with Gasteiger partial charge in [-0.3, -0.25) is 9.59 Å². The average molecular weight is 307 g/mol. The topological polar surface area (TPSA) is 46.6 Å². The van der Waals surface area contributed by atoms with Crippen LogP contribution in [0.15, 0.2) is 24.3 Å². The maximum atomic E-state index is 12.1. The second-order valence-electron chi connectivity index (χ2n) is 5.54. The molecule has 0 aromatic heterocycles. The number of amides is 1. The van der Waals surface area contributed by atoms with Gasteiger partial charge in [-0.2, -0.15) is 0 Å². The van der Waals surface area contributed by atoms with Crippen LogP contribution in [-0.4, -0.2) is 29.4 Å². The Hall–Kier alpha value is -1.49. The van der Waals surface area contributed by atoms with Crippen molar-refractivity contribution in [2.75, 3.05) is 17.2 Å². The van der Waals surface area contributed by atoms with Gasteiger partial charge in [0.1, 0.15) is 5.75 Å². The van der Waals surface area contributed by atoms with Crippen molar-refractivity contribution in [3.63, 3.8) is 0 Å². The van der Waals surface area contributed by atoms with Crippen LogP contribution in [-0.2, 0) is 9.59 Å². The van der Waals surface area contributed by atoms with E-state index >= 15 is 0 Å². The molecule has 1 saturated heterocycles. The maximum absolute atomic E-state index is 12.1. The number of rotatable bonds is 5. The van der Waals surface area contributed by atoms with E-state index in [1.54, 1.807) is 11.8 Å². The summed E-state index contributed by atoms with van der Waals surface area (Å²) in [6, 6.07) is 7.60. The summed E-state index contributed by atoms with van der Waals surface area (Å²) in [5.41, 5.74) is 0.895. The van der Waals surface area contributed by atoms with Crippen LogP contribution in [0.2, 0.25) is 0 Å². The van der Waals surface area contributed by atoms with Crippen LogP contribution >= 0.6 is 11.8 Å². The highest BCUT2D eigenvalue weighted by Crippen LogP contribution is 2.28. The van der Waals surface area contributed by atoms with Gasteiger partial charge < -0.3 is 9.64 Å². The standard InChI is InChI=1S/C16H21NO3S/c1-11(2)20-15-6-4-14(5-7-15)17-9-13(8-16(17)19)10-21-12(3)18/h4-7,11,13H,8-10H2,1-3H3. The second-order valence-corrected chi connectivity index (χ2v) is 6.73. The minimum Gasteiger partial charge on any atom is -0.491 e. The number of hydrogen-bond donors (Lipinski definition) is 0. The molecule has 1 atom stereocenters. The molecule has 1 aromatic rings. The minimum atomic E-state index is 0.107. The fraction of sp³-hybridized carbons (Fsp3) is 0.500. The number of thioether (sulfide) groups is 1. The number of carbonyl (C=O) groups excluding carboxylic acids is 2. The van der Waals surface area contributed by atoms with Gasteiger partial charge in [-0.15, -0.1) is 0 Å². The van der Waals surface area contributed by atoms with E-state index in [2.05, 4.69) is 0 Å². The van der Waals surface area contributed by atoms with Gasteiger partial charge in [0.05, 0.1) is 6.10 Å². The van der Waals surface area contributed by atoms with Gasteiger partial charge >= 0.3 is 0 Å². The molecule has 1 amide bonds. The van der Waals surface area contributed by atoms with Crippen molar-refractivity contribution in [2.24, 2.45) is 5.92 Å². The first-order chi connectivity index (χ1) is 9.95. The van der Waals surface area contributed by atoms with Crippen molar-refractivity contribution in [3.05, 3.63) is 24.3 Å². The zero-order valence-corrected chi connectivity index (χ0v) is 13.5. The predicted molar refractivity (Wildman–Crippen MR) is 85.8 cm³/mol. The molecule has 0 aliphatic carbocycles. The Morgan fingerprint density at radius 1 is 1.38 bits per heavy atom. The largest absolute Gasteiger partial charge is 0.491 e. The molecule has 5 heteroatoms. The van der Waals surface area contributed by atoms with Crippen molar-refractivity contribution in [1.82, 2.24) is 0 Å². The highest BCUT2D eigenvalue weighted by Gasteiger charge is 2.30. The first-order valence-corrected chi connectivity index (χ1v) is 8.14. The van der Waals surface area contributed by atoms with Crippen LogP contribution in [0.3, 0.4) is 0 Å². The number of carbonyl (C=O) groups is 2. The Morgan fingerprint density at radius 2 is 2.05 bits per heavy atom. The average Bonchev–Trinajstić information content (AvgIpc) is 2.78. The van der Waals surface area contributed by atoms with E-state index < -0.39 is 0 Å². The van der Waals surface area contributed by atoms with Crippen LogP contribution in [0, 0.1) is 5.92 Å². The van der Waals surface area contributed by atoms with Crippen molar-refractivity contribution >= 4 is 28.5 Å². The predicted octanol–water partition coefficient (Wildman–Crippen LogP) is 3.11. The van der Waals surface area contributed by atoms with E-state index in [-0.39, 0.29) is 23.0 Å². The summed E-state index contributed by atoms with van der Waals surface area (Å²) in [4.78, 5) is 24.9. The molecule has 1 fully saturated rings. The molecule has 0 N–H and O–H groups in total. The van der Waals surface area contributed by atoms with Crippen LogP contribution in [0.5, 0.6) is 5.75 Å². The van der Waals surface area contributed by atoms with Gasteiger partial charge in [-0.05, 0) is 44.0 Å². The van der Waals surface area contributed by atoms with Crippen molar-refractivity contribution < 1.29 is 14.3 Å². The summed E-state index contributed by atoms with van der Waals surface area (Å²) in [6.07, 6.45) is 0.655. The smallest absolute Gasteiger partial charge is 0.227 e. The molecule has 2 rings (SSSR count). The summed E-state index contributed by atoms with van der Waals surface area (Å²) in [6.45, 7) is 6.21. The molecule has 21 heavy (non-hydrogen) atoms. The number of benzene rings is 1. The molecule has 1 unspecified atom stereocenters. The summed E-state index contributed by atoms with van der Waals surface area (Å²) in [7, 11) is 0. The molecule has 1 aromatic carbocycles. The Bertz CT molecular complexity index is 513. The van der Waals surface area contributed by atoms with Gasteiger partial charge in [-0.1, -0.05) is 11.8 Å². The maximum Gasteiger partial charge on any atom is 0.227 e. The van der Waals surface area contributed by atoms with Crippen molar-refractivity contribution in [3.8, 4) is 5.75 Å². The molecule has 114 valence electrons. The van der Waals surface area contributed by atoms with Crippen molar-refractivity contribution in [2.45, 2.75) is 33.3 Å². The van der Waals surface area contributed by atoms with Gasteiger partial charge in [0, 0.05) is 31.3 Å². The lowest BCUT2D eigenvalue weighted by Gasteiger charge is -2.17. The molecular formula is C16H21NO3S. The summed E-state index contributed by atoms with van der Waals surface area (Å²) >= 11 is 1.30. The third-order valence-electron chi connectivity index (χ3n) is 3.25. The van der Waals surface area contributed by atoms with Gasteiger partial charge in [-0.25, -0.2) is 0 Å². The third-order valence-corrected chi connectivity index (χ3v) is 4.29. The SMILES string of the molecule is CC(=O)SCC1CC(=O)N(c2ccc(OC(C)C)cc2)C1. The molecule has 1 heterocycles. The first kappa shape index (κ1) is 15.9. The lowest BCUT2D eigenvalue weighted by molar-refractivity contribution is -0.117. The Kier molecular flexibility index (Phi) is 5.28. The monoisotopic (exact) mass is 307 g/mol. The molecule has 1 aliphatic heterocycles. The number of hydrogen-bond acceptors (Lipinski definition) is 4. The molecule has 4 nitrogen and oxygen atoms in total. The molecule has 0 bridgehead atoms. The molecule has 0 spiro atoms. The summed E-state index contributed by atoms with van der Waals surface area (Å²) in [5, 5.41) is 0.107. The zero-order valence-electron chi connectivity index (χ0n) is 12.7. The fourth-order valence-electron chi connectivity index (χ4n) is 2.35.